The average Bonchev–Trinajstić information content (AvgIpc) is 2.01. The highest BCUT2D eigenvalue weighted by atomic mass is 127. The molecule has 1 unspecified atom stereocenters. The Hall–Kier alpha value is -0.620. The quantitative estimate of drug-likeness (QED) is 0.839. The van der Waals surface area contributed by atoms with Crippen LogP contribution in [0.5, 0.6) is 0 Å². The van der Waals surface area contributed by atoms with E-state index in [-0.39, 0.29) is 11.9 Å². The molecule has 3 N–H and O–H groups in total. The van der Waals surface area contributed by atoms with Crippen LogP contribution in [0.25, 0.3) is 0 Å². The molecule has 4 heteroatoms. The number of rotatable bonds is 3. The molecule has 0 bridgehead atoms. The van der Waals surface area contributed by atoms with Gasteiger partial charge in [-0.3, -0.25) is 4.79 Å². The third kappa shape index (κ3) is 4.06. The normalized spacial score (nSPS) is 12.2. The first-order valence-electron chi connectivity index (χ1n) is 4.39. The van der Waals surface area contributed by atoms with E-state index in [1.807, 2.05) is 31.2 Å². The molecule has 1 atom stereocenters. The van der Waals surface area contributed by atoms with Crippen LogP contribution < -0.4 is 11.1 Å². The maximum absolute atomic E-state index is 11.3. The lowest BCUT2D eigenvalue weighted by Gasteiger charge is -2.07. The van der Waals surface area contributed by atoms with E-state index in [1.54, 1.807) is 0 Å². The van der Waals surface area contributed by atoms with Gasteiger partial charge in [-0.25, -0.2) is 0 Å². The highest BCUT2D eigenvalue weighted by Gasteiger charge is 2.04. The number of anilines is 1. The molecule has 0 aliphatic heterocycles. The van der Waals surface area contributed by atoms with Crippen molar-refractivity contribution in [1.29, 1.82) is 0 Å². The first kappa shape index (κ1) is 11.5. The smallest absolute Gasteiger partial charge is 0.225 e. The van der Waals surface area contributed by atoms with E-state index in [4.69, 9.17) is 5.73 Å². The number of benzene rings is 1. The number of halogens is 1. The second kappa shape index (κ2) is 5.31. The van der Waals surface area contributed by atoms with Crippen molar-refractivity contribution in [2.45, 2.75) is 19.4 Å². The van der Waals surface area contributed by atoms with Crippen molar-refractivity contribution < 1.29 is 4.79 Å². The van der Waals surface area contributed by atoms with Crippen LogP contribution in [0.15, 0.2) is 24.3 Å². The van der Waals surface area contributed by atoms with Gasteiger partial charge in [0.2, 0.25) is 5.91 Å². The second-order valence-corrected chi connectivity index (χ2v) is 4.49. The molecule has 0 aliphatic rings. The van der Waals surface area contributed by atoms with Crippen molar-refractivity contribution in [2.24, 2.45) is 5.73 Å². The molecular formula is C10H13IN2O. The van der Waals surface area contributed by atoms with Gasteiger partial charge in [0.25, 0.3) is 0 Å². The van der Waals surface area contributed by atoms with Gasteiger partial charge in [-0.15, -0.1) is 0 Å². The summed E-state index contributed by atoms with van der Waals surface area (Å²) in [4.78, 5) is 11.3. The molecule has 0 spiro atoms. The zero-order valence-electron chi connectivity index (χ0n) is 7.96. The molecule has 0 fully saturated rings. The van der Waals surface area contributed by atoms with E-state index in [2.05, 4.69) is 27.9 Å². The summed E-state index contributed by atoms with van der Waals surface area (Å²) in [6, 6.07) is 7.56. The largest absolute Gasteiger partial charge is 0.327 e. The van der Waals surface area contributed by atoms with E-state index < -0.39 is 0 Å². The van der Waals surface area contributed by atoms with Gasteiger partial charge in [0.1, 0.15) is 0 Å². The fourth-order valence-corrected chi connectivity index (χ4v) is 1.61. The van der Waals surface area contributed by atoms with Crippen LogP contribution in [0.1, 0.15) is 13.3 Å². The molecule has 76 valence electrons. The summed E-state index contributed by atoms with van der Waals surface area (Å²) in [7, 11) is 0. The van der Waals surface area contributed by atoms with Crippen molar-refractivity contribution in [3.05, 3.63) is 27.8 Å². The minimum absolute atomic E-state index is 0.0398. The monoisotopic (exact) mass is 304 g/mol. The highest BCUT2D eigenvalue weighted by Crippen LogP contribution is 2.12. The Morgan fingerprint density at radius 2 is 2.36 bits per heavy atom. The molecule has 1 aromatic carbocycles. The molecule has 1 rings (SSSR count). The van der Waals surface area contributed by atoms with E-state index in [1.165, 1.54) is 0 Å². The van der Waals surface area contributed by atoms with E-state index in [9.17, 15) is 4.79 Å². The summed E-state index contributed by atoms with van der Waals surface area (Å²) in [5, 5.41) is 2.79. The van der Waals surface area contributed by atoms with Crippen LogP contribution >= 0.6 is 22.6 Å². The lowest BCUT2D eigenvalue weighted by atomic mass is 10.2. The molecule has 0 saturated carbocycles. The first-order chi connectivity index (χ1) is 6.58. The van der Waals surface area contributed by atoms with Gasteiger partial charge in [0.05, 0.1) is 0 Å². The van der Waals surface area contributed by atoms with Gasteiger partial charge in [-0.1, -0.05) is 6.07 Å². The molecule has 3 nitrogen and oxygen atoms in total. The Morgan fingerprint density at radius 3 is 2.93 bits per heavy atom. The Labute approximate surface area is 97.2 Å². The standard InChI is InChI=1S/C10H13IN2O/c1-7(12)5-10(14)13-9-4-2-3-8(11)6-9/h2-4,6-7H,5,12H2,1H3,(H,13,14). The van der Waals surface area contributed by atoms with Crippen LogP contribution in [0.3, 0.4) is 0 Å². The molecule has 0 aromatic heterocycles. The third-order valence-electron chi connectivity index (χ3n) is 1.62. The molecule has 0 aliphatic carbocycles. The molecule has 1 aromatic rings. The topological polar surface area (TPSA) is 55.1 Å². The number of amides is 1. The molecule has 0 heterocycles. The summed E-state index contributed by atoms with van der Waals surface area (Å²) < 4.78 is 1.10. The van der Waals surface area contributed by atoms with Crippen LogP contribution in [-0.4, -0.2) is 11.9 Å². The Kier molecular flexibility index (Phi) is 4.34. The number of carbonyl (C=O) groups excluding carboxylic acids is 1. The minimum Gasteiger partial charge on any atom is -0.327 e. The van der Waals surface area contributed by atoms with Gasteiger partial charge in [-0.05, 0) is 47.7 Å². The van der Waals surface area contributed by atoms with Crippen molar-refractivity contribution in [3.63, 3.8) is 0 Å². The van der Waals surface area contributed by atoms with Crippen LogP contribution in [0.4, 0.5) is 5.69 Å². The van der Waals surface area contributed by atoms with Crippen LogP contribution in [-0.2, 0) is 4.79 Å². The number of hydrogen-bond acceptors (Lipinski definition) is 2. The van der Waals surface area contributed by atoms with Crippen LogP contribution in [0.2, 0.25) is 0 Å². The van der Waals surface area contributed by atoms with E-state index in [0.717, 1.165) is 9.26 Å². The van der Waals surface area contributed by atoms with Crippen molar-refractivity contribution in [1.82, 2.24) is 0 Å². The Balaban J connectivity index is 2.56. The second-order valence-electron chi connectivity index (χ2n) is 3.24. The van der Waals surface area contributed by atoms with Gasteiger partial charge in [0.15, 0.2) is 0 Å². The fraction of sp³-hybridized carbons (Fsp3) is 0.300. The van der Waals surface area contributed by atoms with Crippen molar-refractivity contribution >= 4 is 34.2 Å². The highest BCUT2D eigenvalue weighted by molar-refractivity contribution is 14.1. The average molecular weight is 304 g/mol. The Bertz CT molecular complexity index is 326. The van der Waals surface area contributed by atoms with Crippen LogP contribution in [0, 0.1) is 3.57 Å². The van der Waals surface area contributed by atoms with Crippen molar-refractivity contribution in [2.75, 3.05) is 5.32 Å². The molecule has 1 amide bonds. The summed E-state index contributed by atoms with van der Waals surface area (Å²) in [6.07, 6.45) is 0.353. The predicted molar refractivity (Wildman–Crippen MR) is 66.1 cm³/mol. The summed E-state index contributed by atoms with van der Waals surface area (Å²) >= 11 is 2.20. The lowest BCUT2D eigenvalue weighted by molar-refractivity contribution is -0.116. The first-order valence-corrected chi connectivity index (χ1v) is 5.47. The third-order valence-corrected chi connectivity index (χ3v) is 2.29. The fourth-order valence-electron chi connectivity index (χ4n) is 1.07. The maximum atomic E-state index is 11.3. The van der Waals surface area contributed by atoms with Gasteiger partial charge < -0.3 is 11.1 Å². The zero-order valence-corrected chi connectivity index (χ0v) is 10.1. The van der Waals surface area contributed by atoms with E-state index in [0.29, 0.717) is 6.42 Å². The summed E-state index contributed by atoms with van der Waals surface area (Å²) in [5.74, 6) is -0.0398. The zero-order chi connectivity index (χ0) is 10.6. The number of hydrogen-bond donors (Lipinski definition) is 2. The van der Waals surface area contributed by atoms with Gasteiger partial charge >= 0.3 is 0 Å². The minimum atomic E-state index is -0.0993. The lowest BCUT2D eigenvalue weighted by Crippen LogP contribution is -2.23. The van der Waals surface area contributed by atoms with Gasteiger partial charge in [0, 0.05) is 21.7 Å². The Morgan fingerprint density at radius 1 is 1.64 bits per heavy atom. The maximum Gasteiger partial charge on any atom is 0.225 e. The van der Waals surface area contributed by atoms with E-state index >= 15 is 0 Å². The predicted octanol–water partition coefficient (Wildman–Crippen LogP) is 1.97. The molecule has 14 heavy (non-hydrogen) atoms. The number of carbonyl (C=O) groups is 1. The molecule has 0 saturated heterocycles. The number of nitrogens with two attached hydrogens (primary N) is 1. The molecular weight excluding hydrogens is 291 g/mol. The van der Waals surface area contributed by atoms with Crippen molar-refractivity contribution in [3.8, 4) is 0 Å². The van der Waals surface area contributed by atoms with Gasteiger partial charge in [-0.2, -0.15) is 0 Å². The molecule has 0 radical (unpaired) electrons. The SMILES string of the molecule is CC(N)CC(=O)Nc1cccc(I)c1. The summed E-state index contributed by atoms with van der Waals surface area (Å²) in [6.45, 7) is 1.81. The summed E-state index contributed by atoms with van der Waals surface area (Å²) in [5.41, 5.74) is 6.34. The number of nitrogens with one attached hydrogen (secondary N) is 1.